The van der Waals surface area contributed by atoms with Crippen LogP contribution in [-0.4, -0.2) is 50.2 Å². The molecule has 1 aliphatic heterocycles. The summed E-state index contributed by atoms with van der Waals surface area (Å²) in [6.45, 7) is -0.516. The van der Waals surface area contributed by atoms with Gasteiger partial charge in [0, 0.05) is 12.6 Å². The molecule has 24 heavy (non-hydrogen) atoms. The molecule has 10 heteroatoms. The fourth-order valence-electron chi connectivity index (χ4n) is 2.25. The monoisotopic (exact) mass is 366 g/mol. The molecule has 1 atom stereocenters. The van der Waals surface area contributed by atoms with Crippen molar-refractivity contribution in [1.82, 2.24) is 5.32 Å². The van der Waals surface area contributed by atoms with Gasteiger partial charge in [-0.1, -0.05) is 0 Å². The largest absolute Gasteiger partial charge is 0.497 e. The number of anilines is 1. The van der Waals surface area contributed by atoms with Gasteiger partial charge >= 0.3 is 12.1 Å². The van der Waals surface area contributed by atoms with Crippen molar-refractivity contribution in [2.45, 2.75) is 12.2 Å². The molecule has 1 heterocycles. The Morgan fingerprint density at radius 3 is 2.75 bits per heavy atom. The average molecular weight is 367 g/mol. The lowest BCUT2D eigenvalue weighted by Crippen LogP contribution is -2.54. The van der Waals surface area contributed by atoms with Crippen molar-refractivity contribution in [2.24, 2.45) is 0 Å². The Hall–Kier alpha value is -2.16. The van der Waals surface area contributed by atoms with E-state index in [9.17, 15) is 22.8 Å². The van der Waals surface area contributed by atoms with E-state index in [1.165, 1.54) is 18.1 Å². The van der Waals surface area contributed by atoms with Gasteiger partial charge in [0.25, 0.3) is 0 Å². The van der Waals surface area contributed by atoms with Gasteiger partial charge in [0.2, 0.25) is 5.91 Å². The van der Waals surface area contributed by atoms with Crippen LogP contribution >= 0.6 is 11.6 Å². The summed E-state index contributed by atoms with van der Waals surface area (Å²) in [6, 6.07) is 3.88. The summed E-state index contributed by atoms with van der Waals surface area (Å²) >= 11 is 5.60. The lowest BCUT2D eigenvalue weighted by Gasteiger charge is -2.37. The minimum absolute atomic E-state index is 0.0832. The molecule has 0 fully saturated rings. The van der Waals surface area contributed by atoms with Crippen molar-refractivity contribution in [1.29, 1.82) is 0 Å². The number of hydrogen-bond acceptors (Lipinski definition) is 4. The predicted molar refractivity (Wildman–Crippen MR) is 79.5 cm³/mol. The van der Waals surface area contributed by atoms with Gasteiger partial charge in [-0.2, -0.15) is 13.2 Å². The number of halogens is 4. The van der Waals surface area contributed by atoms with Crippen LogP contribution in [0.4, 0.5) is 18.9 Å². The first-order chi connectivity index (χ1) is 11.3. The molecule has 0 aromatic heterocycles. The van der Waals surface area contributed by atoms with E-state index in [0.717, 1.165) is 0 Å². The number of nitrogens with one attached hydrogen (secondary N) is 1. The fourth-order valence-corrected chi connectivity index (χ4v) is 2.38. The van der Waals surface area contributed by atoms with E-state index in [-0.39, 0.29) is 12.5 Å². The minimum Gasteiger partial charge on any atom is -0.497 e. The van der Waals surface area contributed by atoms with E-state index < -0.39 is 30.6 Å². The lowest BCUT2D eigenvalue weighted by molar-refractivity contribution is -0.173. The molecule has 1 N–H and O–H groups in total. The van der Waals surface area contributed by atoms with E-state index in [2.05, 4.69) is 0 Å². The summed E-state index contributed by atoms with van der Waals surface area (Å²) in [5, 5.41) is 1.75. The molecule has 0 saturated heterocycles. The Morgan fingerprint density at radius 1 is 1.46 bits per heavy atom. The zero-order valence-corrected chi connectivity index (χ0v) is 13.3. The summed E-state index contributed by atoms with van der Waals surface area (Å²) in [5.74, 6) is -2.18. The van der Waals surface area contributed by atoms with Crippen LogP contribution in [0, 0.1) is 0 Å². The Morgan fingerprint density at radius 2 is 2.17 bits per heavy atom. The highest BCUT2D eigenvalue weighted by Crippen LogP contribution is 2.37. The van der Waals surface area contributed by atoms with Crippen molar-refractivity contribution < 1.29 is 32.2 Å². The van der Waals surface area contributed by atoms with E-state index in [4.69, 9.17) is 21.1 Å². The Labute approximate surface area is 140 Å². The number of amides is 2. The molecule has 1 aromatic carbocycles. The highest BCUT2D eigenvalue weighted by molar-refractivity contribution is 6.29. The molecule has 2 amide bonds. The number of nitrogens with zero attached hydrogens (tertiary/aromatic N) is 1. The lowest BCUT2D eigenvalue weighted by atomic mass is 10.1. The standard InChI is InChI=1S/C14H14ClF3N2O4/c1-23-9-2-3-11-10(4-9)20(12(21)5-15)8(7-24-11)6-19-13(22)14(16,17)18/h2-4,8H,5-7H2,1H3,(H,19,22). The number of rotatable bonds is 4. The maximum Gasteiger partial charge on any atom is 0.471 e. The van der Waals surface area contributed by atoms with Crippen molar-refractivity contribution in [3.8, 4) is 11.5 Å². The van der Waals surface area contributed by atoms with Crippen molar-refractivity contribution in [3.05, 3.63) is 18.2 Å². The second kappa shape index (κ2) is 7.16. The molecule has 0 radical (unpaired) electrons. The topological polar surface area (TPSA) is 67.9 Å². The zero-order valence-electron chi connectivity index (χ0n) is 12.5. The van der Waals surface area contributed by atoms with Crippen LogP contribution in [0.2, 0.25) is 0 Å². The van der Waals surface area contributed by atoms with E-state index >= 15 is 0 Å². The van der Waals surface area contributed by atoms with Crippen LogP contribution in [0.3, 0.4) is 0 Å². The second-order valence-electron chi connectivity index (χ2n) is 4.90. The number of carbonyl (C=O) groups excluding carboxylic acids is 2. The first-order valence-corrected chi connectivity index (χ1v) is 7.35. The SMILES string of the molecule is COc1ccc2c(c1)N(C(=O)CCl)C(CNC(=O)C(F)(F)F)CO2. The van der Waals surface area contributed by atoms with Crippen molar-refractivity contribution >= 4 is 29.1 Å². The zero-order chi connectivity index (χ0) is 17.9. The van der Waals surface area contributed by atoms with Crippen LogP contribution < -0.4 is 19.7 Å². The van der Waals surface area contributed by atoms with Gasteiger partial charge in [0.1, 0.15) is 24.0 Å². The molecule has 0 aliphatic carbocycles. The molecule has 6 nitrogen and oxygen atoms in total. The second-order valence-corrected chi connectivity index (χ2v) is 5.17. The molecule has 132 valence electrons. The molecule has 0 saturated carbocycles. The van der Waals surface area contributed by atoms with Crippen LogP contribution in [-0.2, 0) is 9.59 Å². The fraction of sp³-hybridized carbons (Fsp3) is 0.429. The number of hydrogen-bond donors (Lipinski definition) is 1. The molecular formula is C14H14ClF3N2O4. The summed E-state index contributed by atoms with van der Waals surface area (Å²) in [5.41, 5.74) is 0.317. The van der Waals surface area contributed by atoms with Crippen molar-refractivity contribution in [3.63, 3.8) is 0 Å². The summed E-state index contributed by atoms with van der Waals surface area (Å²) < 4.78 is 47.4. The Bertz CT molecular complexity index is 639. The third kappa shape index (κ3) is 3.84. The third-order valence-corrected chi connectivity index (χ3v) is 3.59. The summed E-state index contributed by atoms with van der Waals surface area (Å²) in [6.07, 6.45) is -5.00. The molecule has 1 aromatic rings. The number of fused-ring (bicyclic) bond motifs is 1. The highest BCUT2D eigenvalue weighted by Gasteiger charge is 2.40. The van der Waals surface area contributed by atoms with E-state index in [1.54, 1.807) is 17.4 Å². The number of carbonyl (C=O) groups is 2. The average Bonchev–Trinajstić information content (AvgIpc) is 2.56. The third-order valence-electron chi connectivity index (χ3n) is 3.36. The van der Waals surface area contributed by atoms with Gasteiger partial charge in [-0.05, 0) is 12.1 Å². The van der Waals surface area contributed by atoms with E-state index in [1.807, 2.05) is 0 Å². The first-order valence-electron chi connectivity index (χ1n) is 6.81. The molecule has 0 spiro atoms. The molecule has 1 unspecified atom stereocenters. The highest BCUT2D eigenvalue weighted by atomic mass is 35.5. The smallest absolute Gasteiger partial charge is 0.471 e. The Balaban J connectivity index is 2.25. The van der Waals surface area contributed by atoms with Gasteiger partial charge in [-0.3, -0.25) is 14.5 Å². The summed E-state index contributed by atoms with van der Waals surface area (Å²) in [4.78, 5) is 24.3. The minimum atomic E-state index is -5.00. The maximum absolute atomic E-state index is 12.3. The molecular weight excluding hydrogens is 353 g/mol. The van der Waals surface area contributed by atoms with E-state index in [0.29, 0.717) is 17.2 Å². The number of methoxy groups -OCH3 is 1. The predicted octanol–water partition coefficient (Wildman–Crippen LogP) is 1.71. The number of alkyl halides is 4. The van der Waals surface area contributed by atoms with Gasteiger partial charge in [0.05, 0.1) is 18.8 Å². The number of ether oxygens (including phenoxy) is 2. The molecule has 2 rings (SSSR count). The normalized spacial score (nSPS) is 16.9. The maximum atomic E-state index is 12.3. The quantitative estimate of drug-likeness (QED) is 0.824. The van der Waals surface area contributed by atoms with Gasteiger partial charge in [-0.25, -0.2) is 0 Å². The van der Waals surface area contributed by atoms with Crippen LogP contribution in [0.15, 0.2) is 18.2 Å². The molecule has 1 aliphatic rings. The van der Waals surface area contributed by atoms with Gasteiger partial charge in [0.15, 0.2) is 0 Å². The van der Waals surface area contributed by atoms with Crippen LogP contribution in [0.5, 0.6) is 11.5 Å². The van der Waals surface area contributed by atoms with Crippen LogP contribution in [0.25, 0.3) is 0 Å². The summed E-state index contributed by atoms with van der Waals surface area (Å²) in [7, 11) is 1.43. The van der Waals surface area contributed by atoms with Gasteiger partial charge < -0.3 is 14.8 Å². The first kappa shape index (κ1) is 18.2. The van der Waals surface area contributed by atoms with Crippen LogP contribution in [0.1, 0.15) is 0 Å². The molecule has 0 bridgehead atoms. The van der Waals surface area contributed by atoms with Gasteiger partial charge in [-0.15, -0.1) is 11.6 Å². The number of benzene rings is 1. The Kier molecular flexibility index (Phi) is 5.43. The van der Waals surface area contributed by atoms with Crippen molar-refractivity contribution in [2.75, 3.05) is 31.0 Å².